The van der Waals surface area contributed by atoms with Crippen LogP contribution >= 0.6 is 0 Å². The second kappa shape index (κ2) is 5.23. The fourth-order valence-corrected chi connectivity index (χ4v) is 1.14. The third kappa shape index (κ3) is 4.40. The third-order valence-corrected chi connectivity index (χ3v) is 2.06. The molecule has 0 aromatic rings. The summed E-state index contributed by atoms with van der Waals surface area (Å²) >= 11 is 0. The van der Waals surface area contributed by atoms with Gasteiger partial charge >= 0.3 is 0 Å². The van der Waals surface area contributed by atoms with Gasteiger partial charge in [-0.3, -0.25) is 4.99 Å². The first-order chi connectivity index (χ1) is 7.03. The average molecular weight is 213 g/mol. The maximum Gasteiger partial charge on any atom is 0.176 e. The van der Waals surface area contributed by atoms with E-state index in [-0.39, 0.29) is 11.7 Å². The van der Waals surface area contributed by atoms with Crippen LogP contribution in [0.5, 0.6) is 0 Å². The second-order valence-corrected chi connectivity index (χ2v) is 4.48. The predicted molar refractivity (Wildman–Crippen MR) is 60.1 cm³/mol. The minimum absolute atomic E-state index is 0.106. The zero-order valence-corrected chi connectivity index (χ0v) is 9.56. The first-order valence-electron chi connectivity index (χ1n) is 5.01. The van der Waals surface area contributed by atoms with E-state index in [1.807, 2.05) is 0 Å². The van der Waals surface area contributed by atoms with Gasteiger partial charge in [0.25, 0.3) is 0 Å². The van der Waals surface area contributed by atoms with Gasteiger partial charge in [0.2, 0.25) is 0 Å². The monoisotopic (exact) mass is 213 g/mol. The van der Waals surface area contributed by atoms with Crippen molar-refractivity contribution in [3.63, 3.8) is 0 Å². The van der Waals surface area contributed by atoms with Crippen LogP contribution in [0.3, 0.4) is 0 Å². The highest BCUT2D eigenvalue weighted by Gasteiger charge is 2.27. The highest BCUT2D eigenvalue weighted by atomic mass is 16.7. The topological polar surface area (TPSA) is 69.2 Å². The van der Waals surface area contributed by atoms with E-state index in [0.717, 1.165) is 0 Å². The van der Waals surface area contributed by atoms with Gasteiger partial charge < -0.3 is 15.3 Å². The lowest BCUT2D eigenvalue weighted by Crippen LogP contribution is -2.39. The zero-order chi connectivity index (χ0) is 11.3. The Balaban J connectivity index is 2.28. The Labute approximate surface area is 90.3 Å². The summed E-state index contributed by atoms with van der Waals surface area (Å²) in [5, 5.41) is 3.48. The Kier molecular flexibility index (Phi) is 4.23. The molecule has 1 aliphatic rings. The molecular formula is C10H19N3O2. The number of hydrazone groups is 1. The van der Waals surface area contributed by atoms with E-state index >= 15 is 0 Å². The van der Waals surface area contributed by atoms with Crippen molar-refractivity contribution in [1.82, 2.24) is 0 Å². The van der Waals surface area contributed by atoms with Crippen LogP contribution in [0.4, 0.5) is 0 Å². The summed E-state index contributed by atoms with van der Waals surface area (Å²) in [4.78, 5) is 4.13. The first kappa shape index (κ1) is 12.1. The SMILES string of the molecule is C/C(C=NCC1OCC(C)(C)CO1)=N/N. The first-order valence-corrected chi connectivity index (χ1v) is 5.01. The average Bonchev–Trinajstić information content (AvgIpc) is 2.20. The fraction of sp³-hybridized carbons (Fsp3) is 0.800. The van der Waals surface area contributed by atoms with Gasteiger partial charge in [-0.05, 0) is 6.92 Å². The number of ether oxygens (including phenoxy) is 2. The molecular weight excluding hydrogens is 194 g/mol. The molecule has 0 aromatic carbocycles. The quantitative estimate of drug-likeness (QED) is 0.428. The number of nitrogens with two attached hydrogens (primary N) is 1. The summed E-state index contributed by atoms with van der Waals surface area (Å²) in [5.41, 5.74) is 0.792. The molecule has 0 spiro atoms. The maximum atomic E-state index is 5.50. The molecule has 1 heterocycles. The lowest BCUT2D eigenvalue weighted by atomic mass is 9.96. The van der Waals surface area contributed by atoms with Gasteiger partial charge in [-0.15, -0.1) is 0 Å². The van der Waals surface area contributed by atoms with Gasteiger partial charge in [0.1, 0.15) is 0 Å². The van der Waals surface area contributed by atoms with E-state index in [1.165, 1.54) is 0 Å². The second-order valence-electron chi connectivity index (χ2n) is 4.48. The van der Waals surface area contributed by atoms with Crippen LogP contribution in [0.1, 0.15) is 20.8 Å². The Hall–Kier alpha value is -0.940. The van der Waals surface area contributed by atoms with Crippen molar-refractivity contribution in [3.05, 3.63) is 0 Å². The van der Waals surface area contributed by atoms with Crippen molar-refractivity contribution in [2.45, 2.75) is 27.1 Å². The molecule has 1 fully saturated rings. The molecule has 86 valence electrons. The summed E-state index contributed by atoms with van der Waals surface area (Å²) < 4.78 is 11.0. The number of aliphatic imine (C=N–C) groups is 1. The Morgan fingerprint density at radius 3 is 2.60 bits per heavy atom. The number of nitrogens with zero attached hydrogens (tertiary/aromatic N) is 2. The molecule has 1 rings (SSSR count). The maximum absolute atomic E-state index is 5.50. The molecule has 0 bridgehead atoms. The lowest BCUT2D eigenvalue weighted by Gasteiger charge is -2.33. The standard InChI is InChI=1S/C10H19N3O2/c1-8(13-11)4-12-5-9-14-6-10(2,3)7-15-9/h4,9H,5-7,11H2,1-3H3/b12-4?,13-8-. The van der Waals surface area contributed by atoms with E-state index < -0.39 is 0 Å². The summed E-state index contributed by atoms with van der Waals surface area (Å²) in [7, 11) is 0. The highest BCUT2D eigenvalue weighted by molar-refractivity contribution is 6.29. The molecule has 0 aromatic heterocycles. The molecule has 0 radical (unpaired) electrons. The summed E-state index contributed by atoms with van der Waals surface area (Å²) in [5.74, 6) is 5.06. The van der Waals surface area contributed by atoms with Crippen LogP contribution in [0.15, 0.2) is 10.1 Å². The van der Waals surface area contributed by atoms with Gasteiger partial charge in [-0.25, -0.2) is 0 Å². The van der Waals surface area contributed by atoms with Crippen molar-refractivity contribution in [1.29, 1.82) is 0 Å². The Morgan fingerprint density at radius 2 is 2.07 bits per heavy atom. The largest absolute Gasteiger partial charge is 0.350 e. The zero-order valence-electron chi connectivity index (χ0n) is 9.56. The van der Waals surface area contributed by atoms with Gasteiger partial charge in [0.05, 0.1) is 25.5 Å². The summed E-state index contributed by atoms with van der Waals surface area (Å²) in [6.45, 7) is 7.90. The highest BCUT2D eigenvalue weighted by Crippen LogP contribution is 2.22. The van der Waals surface area contributed by atoms with Gasteiger partial charge in [-0.1, -0.05) is 13.8 Å². The van der Waals surface area contributed by atoms with Crippen molar-refractivity contribution in [2.75, 3.05) is 19.8 Å². The molecule has 1 aliphatic heterocycles. The number of rotatable bonds is 3. The lowest BCUT2D eigenvalue weighted by molar-refractivity contribution is -0.215. The fourth-order valence-electron chi connectivity index (χ4n) is 1.14. The van der Waals surface area contributed by atoms with Crippen LogP contribution < -0.4 is 5.84 Å². The van der Waals surface area contributed by atoms with Gasteiger partial charge in [0.15, 0.2) is 6.29 Å². The number of hydrogen-bond donors (Lipinski definition) is 1. The molecule has 2 N–H and O–H groups in total. The minimum atomic E-state index is -0.236. The van der Waals surface area contributed by atoms with E-state index in [4.69, 9.17) is 15.3 Å². The molecule has 0 saturated carbocycles. The van der Waals surface area contributed by atoms with Crippen LogP contribution in [-0.2, 0) is 9.47 Å². The number of hydrogen-bond acceptors (Lipinski definition) is 5. The summed E-state index contributed by atoms with van der Waals surface area (Å²) in [6, 6.07) is 0. The van der Waals surface area contributed by atoms with Crippen molar-refractivity contribution >= 4 is 11.9 Å². The smallest absolute Gasteiger partial charge is 0.176 e. The molecule has 15 heavy (non-hydrogen) atoms. The predicted octanol–water partition coefficient (Wildman–Crippen LogP) is 0.791. The van der Waals surface area contributed by atoms with E-state index in [0.29, 0.717) is 25.5 Å². The van der Waals surface area contributed by atoms with Crippen LogP contribution in [0, 0.1) is 5.41 Å². The van der Waals surface area contributed by atoms with E-state index in [9.17, 15) is 0 Å². The van der Waals surface area contributed by atoms with Crippen LogP contribution in [0.25, 0.3) is 0 Å². The van der Waals surface area contributed by atoms with Gasteiger partial charge in [-0.2, -0.15) is 5.10 Å². The molecule has 0 unspecified atom stereocenters. The molecule has 1 saturated heterocycles. The van der Waals surface area contributed by atoms with Crippen molar-refractivity contribution < 1.29 is 9.47 Å². The van der Waals surface area contributed by atoms with Crippen LogP contribution in [-0.4, -0.2) is 38.0 Å². The minimum Gasteiger partial charge on any atom is -0.350 e. The van der Waals surface area contributed by atoms with Gasteiger partial charge in [0, 0.05) is 11.6 Å². The van der Waals surface area contributed by atoms with E-state index in [2.05, 4.69) is 23.9 Å². The van der Waals surface area contributed by atoms with Crippen molar-refractivity contribution in [3.8, 4) is 0 Å². The summed E-state index contributed by atoms with van der Waals surface area (Å²) in [6.07, 6.45) is 1.38. The molecule has 5 heteroatoms. The molecule has 5 nitrogen and oxygen atoms in total. The Bertz CT molecular complexity index is 251. The third-order valence-electron chi connectivity index (χ3n) is 2.06. The van der Waals surface area contributed by atoms with Crippen molar-refractivity contribution in [2.24, 2.45) is 21.4 Å². The molecule has 0 atom stereocenters. The molecule has 0 amide bonds. The normalized spacial score (nSPS) is 23.5. The van der Waals surface area contributed by atoms with Crippen LogP contribution in [0.2, 0.25) is 0 Å². The van der Waals surface area contributed by atoms with E-state index in [1.54, 1.807) is 13.1 Å². The molecule has 0 aliphatic carbocycles. The Morgan fingerprint density at radius 1 is 1.47 bits per heavy atom.